The zero-order valence-electron chi connectivity index (χ0n) is 10.2. The summed E-state index contributed by atoms with van der Waals surface area (Å²) < 4.78 is 13.3. The number of rotatable bonds is 4. The molecule has 0 aliphatic heterocycles. The maximum Gasteiger partial charge on any atom is 0.251 e. The van der Waals surface area contributed by atoms with Crippen LogP contribution in [0, 0.1) is 5.82 Å². The van der Waals surface area contributed by atoms with Crippen molar-refractivity contribution >= 4 is 33.2 Å². The summed E-state index contributed by atoms with van der Waals surface area (Å²) in [5.41, 5.74) is 0.417. The average Bonchev–Trinajstić information content (AvgIpc) is 2.87. The number of nitrogens with zero attached hydrogens (tertiary/aromatic N) is 1. The van der Waals surface area contributed by atoms with Gasteiger partial charge in [-0.3, -0.25) is 4.79 Å². The van der Waals surface area contributed by atoms with Crippen LogP contribution < -0.4 is 5.32 Å². The van der Waals surface area contributed by atoms with E-state index in [9.17, 15) is 9.18 Å². The number of aryl methyl sites for hydroxylation is 1. The van der Waals surface area contributed by atoms with Crippen LogP contribution in [0.4, 0.5) is 4.39 Å². The Morgan fingerprint density at radius 2 is 2.32 bits per heavy atom. The molecular weight excluding hydrogens is 331 g/mol. The minimum absolute atomic E-state index is 0.242. The second kappa shape index (κ2) is 6.25. The number of nitrogens with one attached hydrogen (secondary N) is 1. The predicted octanol–water partition coefficient (Wildman–Crippen LogP) is 3.54. The number of hydrogen-bond acceptors (Lipinski definition) is 3. The highest BCUT2D eigenvalue weighted by Crippen LogP contribution is 2.17. The number of carbonyl (C=O) groups excluding carboxylic acids is 1. The first-order valence-corrected chi connectivity index (χ1v) is 7.38. The SMILES string of the molecule is CCc1cnc(CNC(=O)c2ccc(F)c(Br)c2)s1. The molecule has 0 spiro atoms. The molecule has 0 unspecified atom stereocenters. The average molecular weight is 343 g/mol. The van der Waals surface area contributed by atoms with Crippen LogP contribution in [-0.4, -0.2) is 10.9 Å². The Morgan fingerprint density at radius 1 is 1.53 bits per heavy atom. The lowest BCUT2D eigenvalue weighted by Crippen LogP contribution is -2.22. The van der Waals surface area contributed by atoms with Gasteiger partial charge in [0, 0.05) is 16.6 Å². The molecule has 1 heterocycles. The van der Waals surface area contributed by atoms with E-state index >= 15 is 0 Å². The largest absolute Gasteiger partial charge is 0.346 e. The van der Waals surface area contributed by atoms with E-state index < -0.39 is 0 Å². The molecular formula is C13H12BrFN2OS. The minimum atomic E-state index is -0.385. The lowest BCUT2D eigenvalue weighted by atomic mass is 10.2. The van der Waals surface area contributed by atoms with Crippen LogP contribution in [0.5, 0.6) is 0 Å². The molecule has 1 amide bonds. The van der Waals surface area contributed by atoms with Crippen LogP contribution in [-0.2, 0) is 13.0 Å². The highest BCUT2D eigenvalue weighted by atomic mass is 79.9. The number of carbonyl (C=O) groups is 1. The van der Waals surface area contributed by atoms with E-state index in [1.54, 1.807) is 11.3 Å². The van der Waals surface area contributed by atoms with Crippen molar-refractivity contribution in [2.24, 2.45) is 0 Å². The van der Waals surface area contributed by atoms with Gasteiger partial charge in [0.2, 0.25) is 0 Å². The molecule has 1 aromatic carbocycles. The van der Waals surface area contributed by atoms with Crippen LogP contribution in [0.2, 0.25) is 0 Å². The van der Waals surface area contributed by atoms with E-state index in [0.717, 1.165) is 11.4 Å². The summed E-state index contributed by atoms with van der Waals surface area (Å²) in [4.78, 5) is 17.3. The van der Waals surface area contributed by atoms with E-state index in [1.165, 1.54) is 23.1 Å². The van der Waals surface area contributed by atoms with E-state index in [-0.39, 0.29) is 16.2 Å². The lowest BCUT2D eigenvalue weighted by Gasteiger charge is -2.04. The van der Waals surface area contributed by atoms with Gasteiger partial charge in [-0.25, -0.2) is 9.37 Å². The van der Waals surface area contributed by atoms with Crippen LogP contribution in [0.15, 0.2) is 28.9 Å². The van der Waals surface area contributed by atoms with Gasteiger partial charge in [-0.2, -0.15) is 0 Å². The number of halogens is 2. The van der Waals surface area contributed by atoms with Crippen molar-refractivity contribution in [2.45, 2.75) is 19.9 Å². The summed E-state index contributed by atoms with van der Waals surface area (Å²) in [6.45, 7) is 2.45. The van der Waals surface area contributed by atoms with Gasteiger partial charge in [-0.05, 0) is 40.5 Å². The Balaban J connectivity index is 1.99. The van der Waals surface area contributed by atoms with Crippen molar-refractivity contribution in [2.75, 3.05) is 0 Å². The van der Waals surface area contributed by atoms with Crippen molar-refractivity contribution in [3.63, 3.8) is 0 Å². The number of aromatic nitrogens is 1. The van der Waals surface area contributed by atoms with E-state index in [2.05, 4.69) is 33.2 Å². The summed E-state index contributed by atoms with van der Waals surface area (Å²) in [5, 5.41) is 3.63. The molecule has 0 aliphatic rings. The van der Waals surface area contributed by atoms with Crippen molar-refractivity contribution in [1.29, 1.82) is 0 Å². The van der Waals surface area contributed by atoms with Crippen molar-refractivity contribution < 1.29 is 9.18 Å². The normalized spacial score (nSPS) is 10.5. The Bertz CT molecular complexity index is 600. The zero-order valence-corrected chi connectivity index (χ0v) is 12.6. The monoisotopic (exact) mass is 342 g/mol. The second-order valence-corrected chi connectivity index (χ2v) is 5.94. The number of thiazole rings is 1. The highest BCUT2D eigenvalue weighted by Gasteiger charge is 2.09. The second-order valence-electron chi connectivity index (χ2n) is 3.89. The zero-order chi connectivity index (χ0) is 13.8. The highest BCUT2D eigenvalue weighted by molar-refractivity contribution is 9.10. The number of hydrogen-bond donors (Lipinski definition) is 1. The standard InChI is InChI=1S/C13H12BrFN2OS/c1-2-9-6-16-12(19-9)7-17-13(18)8-3-4-11(15)10(14)5-8/h3-6H,2,7H2,1H3,(H,17,18). The van der Waals surface area contributed by atoms with E-state index in [0.29, 0.717) is 12.1 Å². The quantitative estimate of drug-likeness (QED) is 0.923. The Kier molecular flexibility index (Phi) is 4.66. The summed E-state index contributed by atoms with van der Waals surface area (Å²) in [5.74, 6) is -0.627. The van der Waals surface area contributed by atoms with Crippen LogP contribution in [0.3, 0.4) is 0 Å². The van der Waals surface area contributed by atoms with Gasteiger partial charge in [0.15, 0.2) is 0 Å². The smallest absolute Gasteiger partial charge is 0.251 e. The summed E-state index contributed by atoms with van der Waals surface area (Å²) in [6.07, 6.45) is 2.76. The summed E-state index contributed by atoms with van der Waals surface area (Å²) >= 11 is 4.64. The fourth-order valence-electron chi connectivity index (χ4n) is 1.49. The van der Waals surface area contributed by atoms with Gasteiger partial charge in [0.25, 0.3) is 5.91 Å². The predicted molar refractivity (Wildman–Crippen MR) is 76.8 cm³/mol. The molecule has 1 aromatic heterocycles. The molecule has 0 fully saturated rings. The maximum atomic E-state index is 13.1. The van der Waals surface area contributed by atoms with Crippen LogP contribution in [0.25, 0.3) is 0 Å². The molecule has 2 rings (SSSR count). The van der Waals surface area contributed by atoms with Gasteiger partial charge in [-0.15, -0.1) is 11.3 Å². The van der Waals surface area contributed by atoms with Crippen molar-refractivity contribution in [3.8, 4) is 0 Å². The molecule has 19 heavy (non-hydrogen) atoms. The molecule has 100 valence electrons. The summed E-state index contributed by atoms with van der Waals surface area (Å²) in [7, 11) is 0. The molecule has 0 aliphatic carbocycles. The van der Waals surface area contributed by atoms with Gasteiger partial charge >= 0.3 is 0 Å². The topological polar surface area (TPSA) is 42.0 Å². The van der Waals surface area contributed by atoms with Crippen molar-refractivity contribution in [3.05, 3.63) is 50.1 Å². The van der Waals surface area contributed by atoms with E-state index in [1.807, 2.05) is 6.20 Å². The van der Waals surface area contributed by atoms with Gasteiger partial charge < -0.3 is 5.32 Å². The number of amides is 1. The Morgan fingerprint density at radius 3 is 2.95 bits per heavy atom. The van der Waals surface area contributed by atoms with Gasteiger partial charge in [-0.1, -0.05) is 6.92 Å². The van der Waals surface area contributed by atoms with Gasteiger partial charge in [0.1, 0.15) is 10.8 Å². The first-order chi connectivity index (χ1) is 9.10. The third-order valence-electron chi connectivity index (χ3n) is 2.53. The molecule has 0 radical (unpaired) electrons. The van der Waals surface area contributed by atoms with Crippen molar-refractivity contribution in [1.82, 2.24) is 10.3 Å². The number of benzene rings is 1. The molecule has 0 saturated carbocycles. The molecule has 3 nitrogen and oxygen atoms in total. The minimum Gasteiger partial charge on any atom is -0.346 e. The van der Waals surface area contributed by atoms with Crippen LogP contribution in [0.1, 0.15) is 27.2 Å². The Hall–Kier alpha value is -1.27. The molecule has 0 saturated heterocycles. The molecule has 6 heteroatoms. The molecule has 0 bridgehead atoms. The molecule has 1 N–H and O–H groups in total. The lowest BCUT2D eigenvalue weighted by molar-refractivity contribution is 0.0951. The summed E-state index contributed by atoms with van der Waals surface area (Å²) in [6, 6.07) is 4.18. The third kappa shape index (κ3) is 3.61. The fourth-order valence-corrected chi connectivity index (χ4v) is 2.67. The molecule has 2 aromatic rings. The fraction of sp³-hybridized carbons (Fsp3) is 0.231. The van der Waals surface area contributed by atoms with E-state index in [4.69, 9.17) is 0 Å². The first kappa shape index (κ1) is 14.1. The molecule has 0 atom stereocenters. The first-order valence-electron chi connectivity index (χ1n) is 5.77. The Labute approximate surface area is 123 Å². The maximum absolute atomic E-state index is 13.1. The van der Waals surface area contributed by atoms with Crippen LogP contribution >= 0.6 is 27.3 Å². The van der Waals surface area contributed by atoms with Gasteiger partial charge in [0.05, 0.1) is 11.0 Å². The third-order valence-corrected chi connectivity index (χ3v) is 4.28.